The highest BCUT2D eigenvalue weighted by Gasteiger charge is 1.98. The molecule has 0 aliphatic rings. The Labute approximate surface area is 123 Å². The number of methoxy groups -OCH3 is 1. The highest BCUT2D eigenvalue weighted by molar-refractivity contribution is 5.91. The fourth-order valence-electron chi connectivity index (χ4n) is 1.75. The van der Waals surface area contributed by atoms with Crippen LogP contribution >= 0.6 is 0 Å². The lowest BCUT2D eigenvalue weighted by atomic mass is 10.2. The van der Waals surface area contributed by atoms with E-state index in [1.54, 1.807) is 37.5 Å². The standard InChI is InChI=1S/C17H17NO3/c1-21-16-9-4-14(5-10-16)12-18-17(20)11-6-13-2-7-15(19)8-3-13/h2-11,19H,12H2,1H3,(H,18,20)/b11-6+. The largest absolute Gasteiger partial charge is 0.508 e. The average molecular weight is 283 g/mol. The molecule has 2 rings (SSSR count). The molecule has 0 fully saturated rings. The molecule has 0 bridgehead atoms. The predicted molar refractivity (Wildman–Crippen MR) is 82.0 cm³/mol. The molecule has 0 atom stereocenters. The third kappa shape index (κ3) is 4.69. The minimum absolute atomic E-state index is 0.168. The van der Waals surface area contributed by atoms with Crippen molar-refractivity contribution in [3.05, 3.63) is 65.7 Å². The molecule has 4 nitrogen and oxygen atoms in total. The van der Waals surface area contributed by atoms with Crippen molar-refractivity contribution in [2.75, 3.05) is 7.11 Å². The molecule has 0 aliphatic heterocycles. The number of rotatable bonds is 5. The van der Waals surface area contributed by atoms with E-state index in [1.807, 2.05) is 24.3 Å². The predicted octanol–water partition coefficient (Wildman–Crippen LogP) is 2.73. The van der Waals surface area contributed by atoms with E-state index in [4.69, 9.17) is 9.84 Å². The number of nitrogens with one attached hydrogen (secondary N) is 1. The van der Waals surface area contributed by atoms with Crippen LogP contribution in [-0.4, -0.2) is 18.1 Å². The SMILES string of the molecule is COc1ccc(CNC(=O)/C=C/c2ccc(O)cc2)cc1. The van der Waals surface area contributed by atoms with Crippen molar-refractivity contribution in [2.24, 2.45) is 0 Å². The topological polar surface area (TPSA) is 58.6 Å². The summed E-state index contributed by atoms with van der Waals surface area (Å²) in [4.78, 5) is 11.7. The van der Waals surface area contributed by atoms with Gasteiger partial charge >= 0.3 is 0 Å². The van der Waals surface area contributed by atoms with Crippen molar-refractivity contribution in [1.29, 1.82) is 0 Å². The second-order valence-corrected chi connectivity index (χ2v) is 4.49. The number of carbonyl (C=O) groups excluding carboxylic acids is 1. The first-order valence-electron chi connectivity index (χ1n) is 6.55. The summed E-state index contributed by atoms with van der Waals surface area (Å²) >= 11 is 0. The molecule has 0 saturated heterocycles. The van der Waals surface area contributed by atoms with Gasteiger partial charge in [-0.05, 0) is 41.5 Å². The molecule has 1 amide bonds. The number of hydrogen-bond acceptors (Lipinski definition) is 3. The summed E-state index contributed by atoms with van der Waals surface area (Å²) in [5.74, 6) is 0.826. The molecule has 0 unspecified atom stereocenters. The quantitative estimate of drug-likeness (QED) is 0.829. The van der Waals surface area contributed by atoms with Gasteiger partial charge in [0.05, 0.1) is 7.11 Å². The van der Waals surface area contributed by atoms with E-state index in [1.165, 1.54) is 6.08 Å². The van der Waals surface area contributed by atoms with Crippen molar-refractivity contribution in [2.45, 2.75) is 6.54 Å². The molecule has 0 spiro atoms. The molecule has 2 N–H and O–H groups in total. The monoisotopic (exact) mass is 283 g/mol. The lowest BCUT2D eigenvalue weighted by Gasteiger charge is -2.04. The Balaban J connectivity index is 1.85. The molecule has 2 aromatic carbocycles. The molecule has 0 aromatic heterocycles. The van der Waals surface area contributed by atoms with Crippen LogP contribution in [0.3, 0.4) is 0 Å². The van der Waals surface area contributed by atoms with Gasteiger partial charge < -0.3 is 15.2 Å². The molecule has 21 heavy (non-hydrogen) atoms. The lowest BCUT2D eigenvalue weighted by Crippen LogP contribution is -2.20. The zero-order valence-corrected chi connectivity index (χ0v) is 11.7. The summed E-state index contributed by atoms with van der Waals surface area (Å²) in [5, 5.41) is 12.0. The number of benzene rings is 2. The summed E-state index contributed by atoms with van der Waals surface area (Å²) in [6.45, 7) is 0.461. The minimum atomic E-state index is -0.168. The summed E-state index contributed by atoms with van der Waals surface area (Å²) in [7, 11) is 1.62. The van der Waals surface area contributed by atoms with Crippen molar-refractivity contribution in [1.82, 2.24) is 5.32 Å². The number of phenolic OH excluding ortho intramolecular Hbond substituents is 1. The molecule has 0 radical (unpaired) electrons. The fourth-order valence-corrected chi connectivity index (χ4v) is 1.75. The van der Waals surface area contributed by atoms with Crippen molar-refractivity contribution >= 4 is 12.0 Å². The molecular formula is C17H17NO3. The van der Waals surface area contributed by atoms with E-state index in [0.29, 0.717) is 6.54 Å². The van der Waals surface area contributed by atoms with Gasteiger partial charge in [0.2, 0.25) is 5.91 Å². The smallest absolute Gasteiger partial charge is 0.244 e. The van der Waals surface area contributed by atoms with Crippen LogP contribution in [-0.2, 0) is 11.3 Å². The Kier molecular flexibility index (Phi) is 4.99. The molecule has 108 valence electrons. The van der Waals surface area contributed by atoms with Crippen molar-refractivity contribution in [3.8, 4) is 11.5 Å². The van der Waals surface area contributed by atoms with Gasteiger partial charge in [0, 0.05) is 12.6 Å². The van der Waals surface area contributed by atoms with Crippen molar-refractivity contribution in [3.63, 3.8) is 0 Å². The Morgan fingerprint density at radius 1 is 1.14 bits per heavy atom. The van der Waals surface area contributed by atoms with E-state index in [0.717, 1.165) is 16.9 Å². The number of amides is 1. The summed E-state index contributed by atoms with van der Waals surface area (Å²) < 4.78 is 5.07. The third-order valence-corrected chi connectivity index (χ3v) is 2.95. The second kappa shape index (κ2) is 7.14. The van der Waals surface area contributed by atoms with Crippen LogP contribution < -0.4 is 10.1 Å². The molecule has 4 heteroatoms. The van der Waals surface area contributed by atoms with E-state index < -0.39 is 0 Å². The van der Waals surface area contributed by atoms with Crippen LogP contribution in [0.2, 0.25) is 0 Å². The van der Waals surface area contributed by atoms with Gasteiger partial charge in [-0.15, -0.1) is 0 Å². The van der Waals surface area contributed by atoms with Crippen LogP contribution in [0, 0.1) is 0 Å². The van der Waals surface area contributed by atoms with E-state index in [-0.39, 0.29) is 11.7 Å². The van der Waals surface area contributed by atoms with Crippen LogP contribution in [0.5, 0.6) is 11.5 Å². The highest BCUT2D eigenvalue weighted by Crippen LogP contribution is 2.12. The van der Waals surface area contributed by atoms with E-state index in [9.17, 15) is 4.79 Å². The van der Waals surface area contributed by atoms with Gasteiger partial charge in [-0.2, -0.15) is 0 Å². The summed E-state index contributed by atoms with van der Waals surface area (Å²) in [6.07, 6.45) is 3.17. The van der Waals surface area contributed by atoms with Gasteiger partial charge in [-0.3, -0.25) is 4.79 Å². The van der Waals surface area contributed by atoms with E-state index >= 15 is 0 Å². The van der Waals surface area contributed by atoms with Gasteiger partial charge in [0.25, 0.3) is 0 Å². The lowest BCUT2D eigenvalue weighted by molar-refractivity contribution is -0.116. The maximum Gasteiger partial charge on any atom is 0.244 e. The first-order valence-corrected chi connectivity index (χ1v) is 6.55. The van der Waals surface area contributed by atoms with Gasteiger partial charge in [0.15, 0.2) is 0 Å². The maximum atomic E-state index is 11.7. The van der Waals surface area contributed by atoms with Crippen LogP contribution in [0.15, 0.2) is 54.6 Å². The summed E-state index contributed by atoms with van der Waals surface area (Å²) in [5.41, 5.74) is 1.86. The van der Waals surface area contributed by atoms with Crippen LogP contribution in [0.1, 0.15) is 11.1 Å². The first kappa shape index (κ1) is 14.7. The molecule has 2 aromatic rings. The molecular weight excluding hydrogens is 266 g/mol. The molecule has 0 saturated carbocycles. The van der Waals surface area contributed by atoms with Gasteiger partial charge in [-0.25, -0.2) is 0 Å². The number of hydrogen-bond donors (Lipinski definition) is 2. The first-order chi connectivity index (χ1) is 10.2. The van der Waals surface area contributed by atoms with Crippen LogP contribution in [0.4, 0.5) is 0 Å². The molecule has 0 heterocycles. The Morgan fingerprint density at radius 2 is 1.81 bits per heavy atom. The maximum absolute atomic E-state index is 11.7. The minimum Gasteiger partial charge on any atom is -0.508 e. The Morgan fingerprint density at radius 3 is 2.43 bits per heavy atom. The Bertz CT molecular complexity index is 615. The number of aromatic hydroxyl groups is 1. The second-order valence-electron chi connectivity index (χ2n) is 4.49. The molecule has 0 aliphatic carbocycles. The van der Waals surface area contributed by atoms with Gasteiger partial charge in [0.1, 0.15) is 11.5 Å². The van der Waals surface area contributed by atoms with Gasteiger partial charge in [-0.1, -0.05) is 24.3 Å². The van der Waals surface area contributed by atoms with Crippen molar-refractivity contribution < 1.29 is 14.6 Å². The van der Waals surface area contributed by atoms with Crippen LogP contribution in [0.25, 0.3) is 6.08 Å². The zero-order chi connectivity index (χ0) is 15.1. The average Bonchev–Trinajstić information content (AvgIpc) is 2.53. The Hall–Kier alpha value is -2.75. The third-order valence-electron chi connectivity index (χ3n) is 2.95. The normalized spacial score (nSPS) is 10.5. The number of carbonyl (C=O) groups is 1. The summed E-state index contributed by atoms with van der Waals surface area (Å²) in [6, 6.07) is 14.2. The fraction of sp³-hybridized carbons (Fsp3) is 0.118. The highest BCUT2D eigenvalue weighted by atomic mass is 16.5. The van der Waals surface area contributed by atoms with E-state index in [2.05, 4.69) is 5.32 Å². The number of ether oxygens (including phenoxy) is 1. The number of phenols is 1. The zero-order valence-electron chi connectivity index (χ0n) is 11.7.